The SMILES string of the molecule is CCC(C)(C)n1nnnc1C(c1cc2cc(OC)ccc2[nH]c1=O)N(Cc1ccccc1)Cc1cccs1. The van der Waals surface area contributed by atoms with Crippen LogP contribution < -0.4 is 10.3 Å². The van der Waals surface area contributed by atoms with Crippen molar-refractivity contribution in [3.8, 4) is 5.75 Å². The maximum Gasteiger partial charge on any atom is 0.253 e. The summed E-state index contributed by atoms with van der Waals surface area (Å²) in [6.45, 7) is 7.58. The van der Waals surface area contributed by atoms with Crippen LogP contribution in [0, 0.1) is 0 Å². The third-order valence-corrected chi connectivity index (χ3v) is 7.95. The average molecular weight is 529 g/mol. The number of pyridine rings is 1. The van der Waals surface area contributed by atoms with Gasteiger partial charge < -0.3 is 9.72 Å². The lowest BCUT2D eigenvalue weighted by atomic mass is 9.98. The van der Waals surface area contributed by atoms with Crippen molar-refractivity contribution in [3.05, 3.63) is 104 Å². The van der Waals surface area contributed by atoms with E-state index >= 15 is 0 Å². The van der Waals surface area contributed by atoms with E-state index in [0.29, 0.717) is 24.5 Å². The zero-order valence-electron chi connectivity index (χ0n) is 22.1. The number of tetrazole rings is 1. The number of rotatable bonds is 10. The van der Waals surface area contributed by atoms with Crippen LogP contribution in [-0.4, -0.2) is 37.2 Å². The highest BCUT2D eigenvalue weighted by Gasteiger charge is 2.34. The zero-order chi connectivity index (χ0) is 26.7. The van der Waals surface area contributed by atoms with Crippen LogP contribution in [0.3, 0.4) is 0 Å². The predicted octanol–water partition coefficient (Wildman–Crippen LogP) is 5.52. The fraction of sp³-hybridized carbons (Fsp3) is 0.310. The lowest BCUT2D eigenvalue weighted by molar-refractivity contribution is 0.182. The molecule has 9 heteroatoms. The van der Waals surface area contributed by atoms with Crippen molar-refractivity contribution in [1.82, 2.24) is 30.1 Å². The maximum atomic E-state index is 13.7. The first kappa shape index (κ1) is 25.8. The van der Waals surface area contributed by atoms with Crippen molar-refractivity contribution in [2.75, 3.05) is 7.11 Å². The topological polar surface area (TPSA) is 88.9 Å². The van der Waals surface area contributed by atoms with Crippen molar-refractivity contribution in [1.29, 1.82) is 0 Å². The summed E-state index contributed by atoms with van der Waals surface area (Å²) in [5.41, 5.74) is 1.97. The van der Waals surface area contributed by atoms with Crippen molar-refractivity contribution < 1.29 is 4.74 Å². The number of nitrogens with one attached hydrogen (secondary N) is 1. The molecule has 5 aromatic rings. The van der Waals surface area contributed by atoms with E-state index in [4.69, 9.17) is 4.74 Å². The predicted molar refractivity (Wildman–Crippen MR) is 150 cm³/mol. The molecule has 5 rings (SSSR count). The summed E-state index contributed by atoms with van der Waals surface area (Å²) >= 11 is 1.69. The highest BCUT2D eigenvalue weighted by molar-refractivity contribution is 7.09. The van der Waals surface area contributed by atoms with Gasteiger partial charge in [-0.05, 0) is 72.0 Å². The fourth-order valence-corrected chi connectivity index (χ4v) is 5.36. The summed E-state index contributed by atoms with van der Waals surface area (Å²) < 4.78 is 7.34. The minimum absolute atomic E-state index is 0.166. The number of methoxy groups -OCH3 is 1. The molecule has 0 fully saturated rings. The van der Waals surface area contributed by atoms with E-state index in [2.05, 4.69) is 75.8 Å². The first-order chi connectivity index (χ1) is 18.4. The van der Waals surface area contributed by atoms with Crippen LogP contribution in [0.5, 0.6) is 5.75 Å². The van der Waals surface area contributed by atoms with E-state index in [1.807, 2.05) is 47.1 Å². The first-order valence-corrected chi connectivity index (χ1v) is 13.6. The summed E-state index contributed by atoms with van der Waals surface area (Å²) in [5, 5.41) is 16.0. The molecule has 0 aliphatic carbocycles. The van der Waals surface area contributed by atoms with Gasteiger partial charge in [-0.15, -0.1) is 16.4 Å². The quantitative estimate of drug-likeness (QED) is 0.257. The first-order valence-electron chi connectivity index (χ1n) is 12.7. The Bertz CT molecular complexity index is 1560. The van der Waals surface area contributed by atoms with Gasteiger partial charge in [0.15, 0.2) is 5.82 Å². The van der Waals surface area contributed by atoms with Gasteiger partial charge in [0.25, 0.3) is 5.56 Å². The van der Waals surface area contributed by atoms with Gasteiger partial charge in [-0.25, -0.2) is 4.68 Å². The summed E-state index contributed by atoms with van der Waals surface area (Å²) in [6.07, 6.45) is 0.826. The lowest BCUT2D eigenvalue weighted by Gasteiger charge is -2.33. The number of aromatic amines is 1. The van der Waals surface area contributed by atoms with E-state index in [-0.39, 0.29) is 11.1 Å². The molecule has 2 aromatic carbocycles. The van der Waals surface area contributed by atoms with Crippen LogP contribution in [-0.2, 0) is 18.6 Å². The minimum Gasteiger partial charge on any atom is -0.497 e. The molecule has 3 heterocycles. The molecule has 8 nitrogen and oxygen atoms in total. The molecule has 0 saturated carbocycles. The normalized spacial score (nSPS) is 12.8. The molecule has 0 spiro atoms. The van der Waals surface area contributed by atoms with Gasteiger partial charge in [0.05, 0.1) is 12.6 Å². The van der Waals surface area contributed by atoms with Gasteiger partial charge in [0.1, 0.15) is 11.8 Å². The Morgan fingerprint density at radius 1 is 1.08 bits per heavy atom. The molecule has 1 unspecified atom stereocenters. The van der Waals surface area contributed by atoms with Gasteiger partial charge in [0, 0.05) is 34.4 Å². The zero-order valence-corrected chi connectivity index (χ0v) is 22.9. The Balaban J connectivity index is 1.73. The van der Waals surface area contributed by atoms with Gasteiger partial charge in [-0.3, -0.25) is 9.69 Å². The number of H-pyrrole nitrogens is 1. The molecule has 196 valence electrons. The summed E-state index contributed by atoms with van der Waals surface area (Å²) in [5.74, 6) is 1.36. The molecule has 0 aliphatic heterocycles. The largest absolute Gasteiger partial charge is 0.497 e. The third kappa shape index (κ3) is 5.25. The van der Waals surface area contributed by atoms with E-state index < -0.39 is 6.04 Å². The fourth-order valence-electron chi connectivity index (χ4n) is 4.64. The summed E-state index contributed by atoms with van der Waals surface area (Å²) in [7, 11) is 1.64. The van der Waals surface area contributed by atoms with Crippen LogP contribution in [0.15, 0.2) is 76.9 Å². The molecule has 0 bridgehead atoms. The summed E-state index contributed by atoms with van der Waals surface area (Å²) in [6, 6.07) is 21.6. The van der Waals surface area contributed by atoms with Gasteiger partial charge >= 0.3 is 0 Å². The average Bonchev–Trinajstić information content (AvgIpc) is 3.62. The molecule has 1 atom stereocenters. The second-order valence-corrected chi connectivity index (χ2v) is 11.0. The van der Waals surface area contributed by atoms with E-state index in [1.54, 1.807) is 18.4 Å². The van der Waals surface area contributed by atoms with Crippen LogP contribution in [0.4, 0.5) is 0 Å². The van der Waals surface area contributed by atoms with E-state index in [0.717, 1.165) is 28.6 Å². The molecule has 0 radical (unpaired) electrons. The van der Waals surface area contributed by atoms with Gasteiger partial charge in [-0.1, -0.05) is 43.3 Å². The number of thiophene rings is 1. The van der Waals surface area contributed by atoms with Crippen molar-refractivity contribution in [3.63, 3.8) is 0 Å². The van der Waals surface area contributed by atoms with Crippen molar-refractivity contribution in [2.45, 2.75) is 51.9 Å². The van der Waals surface area contributed by atoms with E-state index in [9.17, 15) is 4.79 Å². The maximum absolute atomic E-state index is 13.7. The second-order valence-electron chi connectivity index (χ2n) is 9.99. The van der Waals surface area contributed by atoms with Crippen LogP contribution in [0.1, 0.15) is 55.1 Å². The molecule has 0 amide bonds. The molecular weight excluding hydrogens is 496 g/mol. The van der Waals surface area contributed by atoms with Crippen molar-refractivity contribution in [2.24, 2.45) is 0 Å². The minimum atomic E-state index is -0.502. The second kappa shape index (κ2) is 10.9. The van der Waals surface area contributed by atoms with E-state index in [1.165, 1.54) is 4.88 Å². The highest BCUT2D eigenvalue weighted by Crippen LogP contribution is 2.33. The Hall–Kier alpha value is -3.82. The smallest absolute Gasteiger partial charge is 0.253 e. The number of aromatic nitrogens is 5. The number of hydrogen-bond acceptors (Lipinski definition) is 7. The standard InChI is InChI=1S/C29H32N6O2S/c1-5-29(2,3)35-27(31-32-33-35)26(24-17-21-16-22(37-4)13-14-25(21)30-28(24)36)34(19-23-12-9-15-38-23)18-20-10-7-6-8-11-20/h6-17,26H,5,18-19H2,1-4H3,(H,30,36). The Kier molecular flexibility index (Phi) is 7.40. The van der Waals surface area contributed by atoms with Gasteiger partial charge in [-0.2, -0.15) is 0 Å². The number of hydrogen-bond donors (Lipinski definition) is 1. The number of ether oxygens (including phenoxy) is 1. The number of benzene rings is 2. The molecular formula is C29H32N6O2S. The summed E-state index contributed by atoms with van der Waals surface area (Å²) in [4.78, 5) is 20.3. The number of nitrogens with zero attached hydrogens (tertiary/aromatic N) is 5. The lowest BCUT2D eigenvalue weighted by Crippen LogP contribution is -2.37. The number of fused-ring (bicyclic) bond motifs is 1. The Morgan fingerprint density at radius 3 is 2.61 bits per heavy atom. The third-order valence-electron chi connectivity index (χ3n) is 7.08. The van der Waals surface area contributed by atoms with Crippen LogP contribution >= 0.6 is 11.3 Å². The molecule has 0 saturated heterocycles. The molecule has 1 N–H and O–H groups in total. The van der Waals surface area contributed by atoms with Crippen molar-refractivity contribution >= 4 is 22.2 Å². The highest BCUT2D eigenvalue weighted by atomic mass is 32.1. The molecule has 0 aliphatic rings. The molecule has 38 heavy (non-hydrogen) atoms. The monoisotopic (exact) mass is 528 g/mol. The van der Waals surface area contributed by atoms with Crippen LogP contribution in [0.25, 0.3) is 10.9 Å². The Morgan fingerprint density at radius 2 is 1.89 bits per heavy atom. The van der Waals surface area contributed by atoms with Crippen LogP contribution in [0.2, 0.25) is 0 Å². The van der Waals surface area contributed by atoms with Gasteiger partial charge in [0.2, 0.25) is 0 Å². The molecule has 3 aromatic heterocycles. The Labute approximate surface area is 225 Å².